The number of carbonyl (C=O) groups excluding carboxylic acids is 1. The second kappa shape index (κ2) is 5.28. The van der Waals surface area contributed by atoms with Gasteiger partial charge in [-0.05, 0) is 34.9 Å². The monoisotopic (exact) mass is 328 g/mol. The minimum absolute atomic E-state index is 0.0802. The molecule has 1 saturated carbocycles. The van der Waals surface area contributed by atoms with Crippen LogP contribution in [0.2, 0.25) is 0 Å². The molecule has 116 valence electrons. The Kier molecular flexibility index (Phi) is 3.56. The molecule has 0 aliphatic heterocycles. The number of carbonyl (C=O) groups is 1. The van der Waals surface area contributed by atoms with Crippen LogP contribution in [0.25, 0.3) is 0 Å². The van der Waals surface area contributed by atoms with Crippen molar-refractivity contribution in [1.82, 2.24) is 10.3 Å². The largest absolute Gasteiger partial charge is 0.421 e. The molecule has 2 heterocycles. The van der Waals surface area contributed by atoms with Crippen molar-refractivity contribution in [2.45, 2.75) is 24.6 Å². The van der Waals surface area contributed by atoms with Gasteiger partial charge in [0.1, 0.15) is 5.56 Å². The molecular formula is C14H11F3N2O2S. The Hall–Kier alpha value is -2.09. The number of hydrogen-bond acceptors (Lipinski definition) is 3. The molecule has 1 aliphatic rings. The number of alkyl halides is 3. The molecule has 0 aromatic carbocycles. The number of amides is 1. The lowest BCUT2D eigenvalue weighted by Gasteiger charge is -2.08. The third-order valence-corrected chi connectivity index (χ3v) is 4.25. The van der Waals surface area contributed by atoms with Crippen LogP contribution >= 0.6 is 11.3 Å². The van der Waals surface area contributed by atoms with E-state index in [0.29, 0.717) is 6.07 Å². The van der Waals surface area contributed by atoms with Crippen LogP contribution in [-0.2, 0) is 6.18 Å². The summed E-state index contributed by atoms with van der Waals surface area (Å²) in [6, 6.07) is 2.46. The summed E-state index contributed by atoms with van der Waals surface area (Å²) in [5.74, 6) is -0.412. The van der Waals surface area contributed by atoms with Gasteiger partial charge in [-0.2, -0.15) is 24.5 Å². The van der Waals surface area contributed by atoms with Crippen molar-refractivity contribution in [3.8, 4) is 0 Å². The van der Waals surface area contributed by atoms with Crippen molar-refractivity contribution >= 4 is 17.2 Å². The van der Waals surface area contributed by atoms with E-state index in [1.54, 1.807) is 11.3 Å². The molecule has 0 radical (unpaired) electrons. The van der Waals surface area contributed by atoms with Crippen molar-refractivity contribution in [3.05, 3.63) is 56.1 Å². The number of thiophene rings is 1. The molecule has 0 spiro atoms. The number of aromatic amines is 1. The first kappa shape index (κ1) is 14.8. The number of hydrogen-bond donors (Lipinski definition) is 2. The summed E-state index contributed by atoms with van der Waals surface area (Å²) in [4.78, 5) is 25.1. The maximum absolute atomic E-state index is 12.7. The maximum atomic E-state index is 12.7. The summed E-state index contributed by atoms with van der Waals surface area (Å²) in [7, 11) is 0. The summed E-state index contributed by atoms with van der Waals surface area (Å²) in [5, 5.41) is 6.60. The minimum Gasteiger partial charge on any atom is -0.349 e. The maximum Gasteiger partial charge on any atom is 0.421 e. The molecule has 2 aromatic heterocycles. The Balaban J connectivity index is 1.73. The average Bonchev–Trinajstić information content (AvgIpc) is 2.99. The van der Waals surface area contributed by atoms with Gasteiger partial charge in [0.05, 0.1) is 5.56 Å². The van der Waals surface area contributed by atoms with Gasteiger partial charge in [0.15, 0.2) is 0 Å². The lowest BCUT2D eigenvalue weighted by Crippen LogP contribution is -2.29. The molecule has 2 atom stereocenters. The van der Waals surface area contributed by atoms with Crippen LogP contribution < -0.4 is 10.9 Å². The summed E-state index contributed by atoms with van der Waals surface area (Å²) in [5.41, 5.74) is -1.72. The third-order valence-electron chi connectivity index (χ3n) is 3.55. The van der Waals surface area contributed by atoms with E-state index in [-0.39, 0.29) is 17.5 Å². The van der Waals surface area contributed by atoms with Gasteiger partial charge in [0.25, 0.3) is 11.5 Å². The second-order valence-electron chi connectivity index (χ2n) is 5.11. The van der Waals surface area contributed by atoms with E-state index in [0.717, 1.165) is 18.2 Å². The molecule has 8 heteroatoms. The van der Waals surface area contributed by atoms with E-state index in [2.05, 4.69) is 5.32 Å². The first-order valence-electron chi connectivity index (χ1n) is 6.49. The zero-order valence-electron chi connectivity index (χ0n) is 11.1. The van der Waals surface area contributed by atoms with Gasteiger partial charge in [-0.25, -0.2) is 0 Å². The number of rotatable bonds is 3. The predicted octanol–water partition coefficient (Wildman–Crippen LogP) is 2.74. The number of pyridine rings is 1. The highest BCUT2D eigenvalue weighted by Gasteiger charge is 2.40. The van der Waals surface area contributed by atoms with E-state index in [1.165, 1.54) is 0 Å². The molecule has 0 saturated heterocycles. The average molecular weight is 328 g/mol. The Morgan fingerprint density at radius 2 is 2.18 bits per heavy atom. The van der Waals surface area contributed by atoms with Crippen molar-refractivity contribution in [1.29, 1.82) is 0 Å². The van der Waals surface area contributed by atoms with E-state index < -0.39 is 23.2 Å². The number of nitrogens with one attached hydrogen (secondary N) is 2. The SMILES string of the molecule is O=C(N[C@@H]1C[C@H]1c1ccsc1)c1c[nH]c(=O)c(C(F)(F)F)c1. The molecule has 0 bridgehead atoms. The van der Waals surface area contributed by atoms with Crippen LogP contribution in [0.4, 0.5) is 13.2 Å². The van der Waals surface area contributed by atoms with Gasteiger partial charge in [-0.1, -0.05) is 0 Å². The fraction of sp³-hybridized carbons (Fsp3) is 0.286. The second-order valence-corrected chi connectivity index (χ2v) is 5.89. The molecule has 0 unspecified atom stereocenters. The molecular weight excluding hydrogens is 317 g/mol. The van der Waals surface area contributed by atoms with E-state index in [1.807, 2.05) is 21.8 Å². The predicted molar refractivity (Wildman–Crippen MR) is 75.0 cm³/mol. The fourth-order valence-corrected chi connectivity index (χ4v) is 3.01. The summed E-state index contributed by atoms with van der Waals surface area (Å²) in [6.45, 7) is 0. The quantitative estimate of drug-likeness (QED) is 0.910. The standard InChI is InChI=1S/C14H11F3N2O2S/c15-14(16,17)10-3-8(5-18-13(10)21)12(20)19-11-4-9(11)7-1-2-22-6-7/h1-3,5-6,9,11H,4H2,(H,18,21)(H,19,20)/t9-,11+/m0/s1. The Bertz CT molecular complexity index is 752. The molecule has 2 aromatic rings. The van der Waals surface area contributed by atoms with Crippen LogP contribution in [0.15, 0.2) is 33.9 Å². The molecule has 1 amide bonds. The highest BCUT2D eigenvalue weighted by atomic mass is 32.1. The van der Waals surface area contributed by atoms with Crippen LogP contribution in [0.3, 0.4) is 0 Å². The first-order valence-corrected chi connectivity index (χ1v) is 7.43. The lowest BCUT2D eigenvalue weighted by molar-refractivity contribution is -0.138. The minimum atomic E-state index is -4.79. The zero-order valence-corrected chi connectivity index (χ0v) is 11.9. The van der Waals surface area contributed by atoms with Crippen molar-refractivity contribution in [3.63, 3.8) is 0 Å². The van der Waals surface area contributed by atoms with Crippen molar-refractivity contribution in [2.24, 2.45) is 0 Å². The molecule has 22 heavy (non-hydrogen) atoms. The summed E-state index contributed by atoms with van der Waals surface area (Å²) in [6.07, 6.45) is -3.03. The molecule has 2 N–H and O–H groups in total. The molecule has 4 nitrogen and oxygen atoms in total. The van der Waals surface area contributed by atoms with Crippen molar-refractivity contribution < 1.29 is 18.0 Å². The Labute approximate surface area is 127 Å². The highest BCUT2D eigenvalue weighted by Crippen LogP contribution is 2.41. The number of H-pyrrole nitrogens is 1. The van der Waals surface area contributed by atoms with Crippen LogP contribution in [0.5, 0.6) is 0 Å². The van der Waals surface area contributed by atoms with E-state index >= 15 is 0 Å². The van der Waals surface area contributed by atoms with Gasteiger partial charge in [0, 0.05) is 18.2 Å². The van der Waals surface area contributed by atoms with Crippen molar-refractivity contribution in [2.75, 3.05) is 0 Å². The molecule has 1 aliphatic carbocycles. The number of aromatic nitrogens is 1. The van der Waals surface area contributed by atoms with Gasteiger partial charge >= 0.3 is 6.18 Å². The van der Waals surface area contributed by atoms with Gasteiger partial charge < -0.3 is 10.3 Å². The number of halogens is 3. The van der Waals surface area contributed by atoms with Gasteiger partial charge in [0.2, 0.25) is 0 Å². The summed E-state index contributed by atoms with van der Waals surface area (Å²) < 4.78 is 38.0. The van der Waals surface area contributed by atoms with Crippen LogP contribution in [-0.4, -0.2) is 16.9 Å². The molecule has 3 rings (SSSR count). The van der Waals surface area contributed by atoms with Crippen LogP contribution in [0, 0.1) is 0 Å². The zero-order chi connectivity index (χ0) is 15.9. The molecule has 1 fully saturated rings. The Morgan fingerprint density at radius 1 is 1.41 bits per heavy atom. The topological polar surface area (TPSA) is 62.0 Å². The first-order chi connectivity index (χ1) is 10.4. The van der Waals surface area contributed by atoms with Crippen LogP contribution in [0.1, 0.15) is 33.8 Å². The normalized spacial score (nSPS) is 20.7. The fourth-order valence-electron chi connectivity index (χ4n) is 2.29. The lowest BCUT2D eigenvalue weighted by atomic mass is 10.2. The smallest absolute Gasteiger partial charge is 0.349 e. The van der Waals surface area contributed by atoms with E-state index in [4.69, 9.17) is 0 Å². The van der Waals surface area contributed by atoms with Gasteiger partial charge in [-0.15, -0.1) is 0 Å². The highest BCUT2D eigenvalue weighted by molar-refractivity contribution is 7.08. The van der Waals surface area contributed by atoms with E-state index in [9.17, 15) is 22.8 Å². The Morgan fingerprint density at radius 3 is 2.82 bits per heavy atom. The third kappa shape index (κ3) is 2.92. The van der Waals surface area contributed by atoms with Gasteiger partial charge in [-0.3, -0.25) is 9.59 Å². The summed E-state index contributed by atoms with van der Waals surface area (Å²) >= 11 is 1.55.